The first-order chi connectivity index (χ1) is 14.5. The van der Waals surface area contributed by atoms with Crippen LogP contribution in [-0.4, -0.2) is 28.3 Å². The fraction of sp³-hybridized carbons (Fsp3) is 0.143. The Morgan fingerprint density at radius 3 is 2.70 bits per heavy atom. The number of nitrogens with one attached hydrogen (secondary N) is 3. The summed E-state index contributed by atoms with van der Waals surface area (Å²) >= 11 is 5.84. The van der Waals surface area contributed by atoms with E-state index in [9.17, 15) is 14.0 Å². The molecule has 0 saturated heterocycles. The lowest BCUT2D eigenvalue weighted by atomic mass is 10.2. The van der Waals surface area contributed by atoms with Crippen LogP contribution in [0.2, 0.25) is 5.02 Å². The summed E-state index contributed by atoms with van der Waals surface area (Å²) in [5.74, 6) is -0.471. The van der Waals surface area contributed by atoms with Crippen molar-refractivity contribution < 1.29 is 14.0 Å². The van der Waals surface area contributed by atoms with Crippen molar-refractivity contribution in [2.45, 2.75) is 12.8 Å². The summed E-state index contributed by atoms with van der Waals surface area (Å²) in [5, 5.41) is 9.20. The molecule has 3 aromatic rings. The van der Waals surface area contributed by atoms with Crippen LogP contribution in [-0.2, 0) is 9.59 Å². The van der Waals surface area contributed by atoms with Crippen LogP contribution in [0.15, 0.2) is 55.4 Å². The van der Waals surface area contributed by atoms with Crippen molar-refractivity contribution in [1.29, 1.82) is 0 Å². The second kappa shape index (κ2) is 9.80. The van der Waals surface area contributed by atoms with Gasteiger partial charge in [-0.25, -0.2) is 14.4 Å². The summed E-state index contributed by atoms with van der Waals surface area (Å²) in [6.45, 7) is 3.75. The maximum atomic E-state index is 13.4. The van der Waals surface area contributed by atoms with E-state index < -0.39 is 5.82 Å². The molecule has 1 aromatic heterocycles. The minimum absolute atomic E-state index is 0.00408. The number of carbonyl (C=O) groups excluding carboxylic acids is 2. The van der Waals surface area contributed by atoms with Crippen LogP contribution in [0.3, 0.4) is 0 Å². The molecule has 0 saturated carbocycles. The number of benzene rings is 2. The Balaban J connectivity index is 1.70. The van der Waals surface area contributed by atoms with Gasteiger partial charge in [-0.15, -0.1) is 0 Å². The van der Waals surface area contributed by atoms with Crippen LogP contribution in [0, 0.1) is 5.82 Å². The third-order valence-electron chi connectivity index (χ3n) is 4.17. The van der Waals surface area contributed by atoms with Gasteiger partial charge >= 0.3 is 0 Å². The monoisotopic (exact) mass is 427 g/mol. The Morgan fingerprint density at radius 2 is 1.93 bits per heavy atom. The number of nitrogens with zero attached hydrogens (tertiary/aromatic N) is 2. The predicted octanol–water partition coefficient (Wildman–Crippen LogP) is 4.19. The summed E-state index contributed by atoms with van der Waals surface area (Å²) in [6.07, 6.45) is 3.34. The first-order valence-electron chi connectivity index (χ1n) is 9.13. The van der Waals surface area contributed by atoms with E-state index in [-0.39, 0.29) is 23.3 Å². The number of amides is 2. The number of hydrogen-bond acceptors (Lipinski definition) is 5. The zero-order chi connectivity index (χ0) is 21.5. The van der Waals surface area contributed by atoms with Crippen LogP contribution in [0.4, 0.5) is 21.6 Å². The molecular weight excluding hydrogens is 409 g/mol. The van der Waals surface area contributed by atoms with Gasteiger partial charge in [0.1, 0.15) is 18.0 Å². The molecule has 2 aromatic carbocycles. The quantitative estimate of drug-likeness (QED) is 0.370. The maximum absolute atomic E-state index is 13.4. The van der Waals surface area contributed by atoms with Crippen LogP contribution in [0.1, 0.15) is 12.8 Å². The minimum atomic E-state index is -0.510. The van der Waals surface area contributed by atoms with Gasteiger partial charge in [-0.05, 0) is 48.9 Å². The largest absolute Gasteiger partial charge is 0.353 e. The molecule has 0 aliphatic heterocycles. The summed E-state index contributed by atoms with van der Waals surface area (Å²) < 4.78 is 13.4. The summed E-state index contributed by atoms with van der Waals surface area (Å²) in [7, 11) is 0. The van der Waals surface area contributed by atoms with E-state index in [2.05, 4.69) is 32.5 Å². The Morgan fingerprint density at radius 1 is 1.13 bits per heavy atom. The smallest absolute Gasteiger partial charge is 0.243 e. The first-order valence-corrected chi connectivity index (χ1v) is 9.51. The molecule has 9 heteroatoms. The lowest BCUT2D eigenvalue weighted by molar-refractivity contribution is -0.118. The molecule has 7 nitrogen and oxygen atoms in total. The molecule has 3 rings (SSSR count). The Kier molecular flexibility index (Phi) is 6.92. The molecule has 154 valence electrons. The number of aromatic nitrogens is 2. The third kappa shape index (κ3) is 5.51. The topological polar surface area (TPSA) is 96.0 Å². The van der Waals surface area contributed by atoms with Gasteiger partial charge in [0.05, 0.1) is 10.5 Å². The van der Waals surface area contributed by atoms with Gasteiger partial charge in [0.2, 0.25) is 11.8 Å². The first kappa shape index (κ1) is 21.2. The highest BCUT2D eigenvalue weighted by Gasteiger charge is 2.09. The Hall–Kier alpha value is -3.52. The minimum Gasteiger partial charge on any atom is -0.353 e. The zero-order valence-corrected chi connectivity index (χ0v) is 16.7. The molecule has 0 fully saturated rings. The fourth-order valence-electron chi connectivity index (χ4n) is 2.70. The van der Waals surface area contributed by atoms with E-state index in [1.807, 2.05) is 0 Å². The van der Waals surface area contributed by atoms with E-state index in [0.29, 0.717) is 41.1 Å². The van der Waals surface area contributed by atoms with Crippen LogP contribution >= 0.6 is 11.6 Å². The van der Waals surface area contributed by atoms with Gasteiger partial charge < -0.3 is 16.0 Å². The number of fused-ring (bicyclic) bond motifs is 1. The van der Waals surface area contributed by atoms with Crippen molar-refractivity contribution in [3.63, 3.8) is 0 Å². The van der Waals surface area contributed by atoms with Crippen molar-refractivity contribution in [3.8, 4) is 0 Å². The van der Waals surface area contributed by atoms with Crippen LogP contribution in [0.5, 0.6) is 0 Å². The molecule has 0 aliphatic carbocycles. The number of hydrogen-bond donors (Lipinski definition) is 3. The number of halogens is 2. The second-order valence-electron chi connectivity index (χ2n) is 6.35. The molecule has 0 unspecified atom stereocenters. The van der Waals surface area contributed by atoms with E-state index in [1.165, 1.54) is 24.5 Å². The van der Waals surface area contributed by atoms with Crippen molar-refractivity contribution in [1.82, 2.24) is 15.3 Å². The molecule has 0 spiro atoms. The second-order valence-corrected chi connectivity index (χ2v) is 6.76. The van der Waals surface area contributed by atoms with Gasteiger partial charge in [-0.3, -0.25) is 9.59 Å². The molecule has 30 heavy (non-hydrogen) atoms. The standard InChI is InChI=1S/C21H19ClFN5O2/c1-2-19(29)24-9-3-4-20(30)27-13-6-8-18-15(10-13)21(26-12-25-18)28-14-5-7-17(23)16(22)11-14/h2,5-8,10-12H,1,3-4,9H2,(H,24,29)(H,27,30)(H,25,26,28). The highest BCUT2D eigenvalue weighted by Crippen LogP contribution is 2.27. The lowest BCUT2D eigenvalue weighted by Gasteiger charge is -2.11. The summed E-state index contributed by atoms with van der Waals surface area (Å²) in [4.78, 5) is 31.7. The normalized spacial score (nSPS) is 10.5. The van der Waals surface area contributed by atoms with Crippen molar-refractivity contribution in [3.05, 3.63) is 66.2 Å². The summed E-state index contributed by atoms with van der Waals surface area (Å²) in [6, 6.07) is 9.52. The average Bonchev–Trinajstić information content (AvgIpc) is 2.74. The van der Waals surface area contributed by atoms with E-state index in [1.54, 1.807) is 24.3 Å². The van der Waals surface area contributed by atoms with Crippen molar-refractivity contribution in [2.24, 2.45) is 0 Å². The van der Waals surface area contributed by atoms with Crippen LogP contribution < -0.4 is 16.0 Å². The van der Waals surface area contributed by atoms with E-state index >= 15 is 0 Å². The summed E-state index contributed by atoms with van der Waals surface area (Å²) in [5.41, 5.74) is 1.82. The number of rotatable bonds is 8. The third-order valence-corrected chi connectivity index (χ3v) is 4.46. The molecule has 3 N–H and O–H groups in total. The average molecular weight is 428 g/mol. The molecule has 0 aliphatic rings. The number of anilines is 3. The molecule has 0 atom stereocenters. The maximum Gasteiger partial charge on any atom is 0.243 e. The highest BCUT2D eigenvalue weighted by atomic mass is 35.5. The lowest BCUT2D eigenvalue weighted by Crippen LogP contribution is -2.23. The molecule has 0 bridgehead atoms. The van der Waals surface area contributed by atoms with E-state index in [4.69, 9.17) is 11.6 Å². The highest BCUT2D eigenvalue weighted by molar-refractivity contribution is 6.31. The van der Waals surface area contributed by atoms with E-state index in [0.717, 1.165) is 0 Å². The fourth-order valence-corrected chi connectivity index (χ4v) is 2.88. The van der Waals surface area contributed by atoms with Gasteiger partial charge in [0.15, 0.2) is 0 Å². The molecular formula is C21H19ClFN5O2. The number of carbonyl (C=O) groups is 2. The molecule has 2 amide bonds. The van der Waals surface area contributed by atoms with Gasteiger partial charge in [-0.1, -0.05) is 18.2 Å². The van der Waals surface area contributed by atoms with Gasteiger partial charge in [0, 0.05) is 29.7 Å². The van der Waals surface area contributed by atoms with Crippen LogP contribution in [0.25, 0.3) is 10.9 Å². The van der Waals surface area contributed by atoms with Crippen molar-refractivity contribution in [2.75, 3.05) is 17.2 Å². The molecule has 0 radical (unpaired) electrons. The Labute approximate surface area is 177 Å². The zero-order valence-electron chi connectivity index (χ0n) is 15.9. The SMILES string of the molecule is C=CC(=O)NCCCC(=O)Nc1ccc2ncnc(Nc3ccc(F)c(Cl)c3)c2c1. The molecule has 1 heterocycles. The van der Waals surface area contributed by atoms with Crippen molar-refractivity contribution >= 4 is 51.5 Å². The van der Waals surface area contributed by atoms with Gasteiger partial charge in [0.25, 0.3) is 0 Å². The van der Waals surface area contributed by atoms with Gasteiger partial charge in [-0.2, -0.15) is 0 Å². The predicted molar refractivity (Wildman–Crippen MR) is 115 cm³/mol. The Bertz CT molecular complexity index is 1110.